The first-order valence-electron chi connectivity index (χ1n) is 5.80. The number of hydrogen-bond donors (Lipinski definition) is 1. The first-order chi connectivity index (χ1) is 7.68. The van der Waals surface area contributed by atoms with Crippen LogP contribution in [-0.2, 0) is 5.41 Å². The van der Waals surface area contributed by atoms with E-state index in [1.807, 2.05) is 12.1 Å². The zero-order valence-corrected chi connectivity index (χ0v) is 9.76. The van der Waals surface area contributed by atoms with E-state index in [9.17, 15) is 5.21 Å². The molecule has 0 amide bonds. The van der Waals surface area contributed by atoms with E-state index < -0.39 is 0 Å². The molecule has 0 aromatic heterocycles. The lowest BCUT2D eigenvalue weighted by Crippen LogP contribution is -2.29. The lowest BCUT2D eigenvalue weighted by atomic mass is 9.76. The van der Waals surface area contributed by atoms with Gasteiger partial charge in [0.2, 0.25) is 0 Å². The van der Waals surface area contributed by atoms with E-state index in [-0.39, 0.29) is 11.5 Å². The summed E-state index contributed by atoms with van der Waals surface area (Å²) in [6.07, 6.45) is 3.86. The van der Waals surface area contributed by atoms with Crippen LogP contribution < -0.4 is 0 Å². The van der Waals surface area contributed by atoms with E-state index in [1.165, 1.54) is 10.6 Å². The van der Waals surface area contributed by atoms with E-state index in [0.717, 1.165) is 12.8 Å². The average molecular weight is 217 g/mol. The fraction of sp³-hybridized carbons (Fsp3) is 0.429. The maximum absolute atomic E-state index is 9.82. The third-order valence-corrected chi connectivity index (χ3v) is 3.58. The van der Waals surface area contributed by atoms with Gasteiger partial charge in [0.05, 0.1) is 0 Å². The van der Waals surface area contributed by atoms with Crippen LogP contribution in [0.15, 0.2) is 43.0 Å². The third kappa shape index (κ3) is 1.91. The molecule has 1 heterocycles. The molecule has 0 bridgehead atoms. The molecule has 1 aromatic rings. The fourth-order valence-electron chi connectivity index (χ4n) is 2.74. The Kier molecular flexibility index (Phi) is 3.13. The second kappa shape index (κ2) is 4.40. The van der Waals surface area contributed by atoms with Crippen LogP contribution in [0.3, 0.4) is 0 Å². The summed E-state index contributed by atoms with van der Waals surface area (Å²) in [5.74, 6) is 0. The minimum Gasteiger partial charge on any atom is -0.314 e. The van der Waals surface area contributed by atoms with Gasteiger partial charge in [-0.25, -0.2) is 0 Å². The molecule has 1 saturated heterocycles. The second-order valence-corrected chi connectivity index (χ2v) is 4.79. The summed E-state index contributed by atoms with van der Waals surface area (Å²) in [6.45, 7) is 6.61. The predicted octanol–water partition coefficient (Wildman–Crippen LogP) is 2.98. The molecule has 0 aliphatic carbocycles. The number of hydrogen-bond acceptors (Lipinski definition) is 2. The van der Waals surface area contributed by atoms with Crippen LogP contribution >= 0.6 is 0 Å². The van der Waals surface area contributed by atoms with E-state index >= 15 is 0 Å². The zero-order valence-electron chi connectivity index (χ0n) is 9.76. The lowest BCUT2D eigenvalue weighted by molar-refractivity contribution is -0.100. The van der Waals surface area contributed by atoms with Crippen molar-refractivity contribution in [3.8, 4) is 0 Å². The van der Waals surface area contributed by atoms with Crippen LogP contribution in [0.25, 0.3) is 0 Å². The third-order valence-electron chi connectivity index (χ3n) is 3.58. The highest BCUT2D eigenvalue weighted by molar-refractivity contribution is 5.28. The van der Waals surface area contributed by atoms with Gasteiger partial charge in [0, 0.05) is 18.0 Å². The van der Waals surface area contributed by atoms with Gasteiger partial charge in [-0.05, 0) is 25.3 Å². The first kappa shape index (κ1) is 11.4. The lowest BCUT2D eigenvalue weighted by Gasteiger charge is -2.27. The molecule has 0 unspecified atom stereocenters. The molecule has 1 N–H and O–H groups in total. The zero-order chi connectivity index (χ0) is 11.6. The standard InChI is InChI=1S/C14H19NO/c1-3-9-14(10-12(2)15(16)11-14)13-7-5-4-6-8-13/h3-8,12,16H,1,9-11H2,2H3/t12-,14+/m1/s1. The Morgan fingerprint density at radius 2 is 2.19 bits per heavy atom. The average Bonchev–Trinajstić information content (AvgIpc) is 2.57. The van der Waals surface area contributed by atoms with Crippen molar-refractivity contribution in [2.45, 2.75) is 31.2 Å². The monoisotopic (exact) mass is 217 g/mol. The molecule has 0 spiro atoms. The molecule has 2 heteroatoms. The highest BCUT2D eigenvalue weighted by Crippen LogP contribution is 2.40. The van der Waals surface area contributed by atoms with Gasteiger partial charge in [0.25, 0.3) is 0 Å². The Labute approximate surface area is 97.2 Å². The SMILES string of the molecule is C=CC[C@]1(c2ccccc2)C[C@@H](C)N(O)C1. The van der Waals surface area contributed by atoms with Crippen molar-refractivity contribution in [2.75, 3.05) is 6.54 Å². The molecular formula is C14H19NO. The van der Waals surface area contributed by atoms with E-state index in [1.54, 1.807) is 0 Å². The fourth-order valence-corrected chi connectivity index (χ4v) is 2.74. The minimum atomic E-state index is 0.0389. The molecule has 2 atom stereocenters. The molecule has 2 nitrogen and oxygen atoms in total. The summed E-state index contributed by atoms with van der Waals surface area (Å²) in [4.78, 5) is 0. The Hall–Kier alpha value is -1.12. The summed E-state index contributed by atoms with van der Waals surface area (Å²) < 4.78 is 0. The maximum atomic E-state index is 9.82. The number of benzene rings is 1. The summed E-state index contributed by atoms with van der Waals surface area (Å²) in [5.41, 5.74) is 1.34. The molecule has 2 rings (SSSR count). The number of rotatable bonds is 3. The highest BCUT2D eigenvalue weighted by atomic mass is 16.5. The summed E-state index contributed by atoms with van der Waals surface area (Å²) in [7, 11) is 0. The van der Waals surface area contributed by atoms with E-state index in [2.05, 4.69) is 37.8 Å². The predicted molar refractivity (Wildman–Crippen MR) is 65.5 cm³/mol. The Bertz CT molecular complexity index is 350. The normalized spacial score (nSPS) is 30.5. The number of hydroxylamine groups is 2. The van der Waals surface area contributed by atoms with Crippen LogP contribution in [-0.4, -0.2) is 22.9 Å². The number of allylic oxidation sites excluding steroid dienone is 1. The van der Waals surface area contributed by atoms with Gasteiger partial charge >= 0.3 is 0 Å². The molecule has 1 aromatic carbocycles. The Balaban J connectivity index is 2.34. The quantitative estimate of drug-likeness (QED) is 0.787. The van der Waals surface area contributed by atoms with Crippen molar-refractivity contribution in [3.63, 3.8) is 0 Å². The van der Waals surface area contributed by atoms with Gasteiger partial charge in [0.15, 0.2) is 0 Å². The molecule has 1 aliphatic heterocycles. The van der Waals surface area contributed by atoms with Crippen molar-refractivity contribution in [1.82, 2.24) is 5.06 Å². The number of nitrogens with zero attached hydrogens (tertiary/aromatic N) is 1. The van der Waals surface area contributed by atoms with Crippen LogP contribution in [0.1, 0.15) is 25.3 Å². The van der Waals surface area contributed by atoms with E-state index in [0.29, 0.717) is 6.54 Å². The molecule has 16 heavy (non-hydrogen) atoms. The van der Waals surface area contributed by atoms with Crippen molar-refractivity contribution in [1.29, 1.82) is 0 Å². The molecule has 0 radical (unpaired) electrons. The van der Waals surface area contributed by atoms with Crippen molar-refractivity contribution >= 4 is 0 Å². The van der Waals surface area contributed by atoms with Gasteiger partial charge in [-0.1, -0.05) is 36.4 Å². The highest BCUT2D eigenvalue weighted by Gasteiger charge is 2.42. The smallest absolute Gasteiger partial charge is 0.0341 e. The van der Waals surface area contributed by atoms with Gasteiger partial charge in [0.1, 0.15) is 0 Å². The summed E-state index contributed by atoms with van der Waals surface area (Å²) in [6, 6.07) is 10.7. The molecule has 1 fully saturated rings. The van der Waals surface area contributed by atoms with Crippen LogP contribution in [0, 0.1) is 0 Å². The van der Waals surface area contributed by atoms with Gasteiger partial charge in [-0.2, -0.15) is 5.06 Å². The topological polar surface area (TPSA) is 23.5 Å². The second-order valence-electron chi connectivity index (χ2n) is 4.79. The van der Waals surface area contributed by atoms with Crippen molar-refractivity contribution in [2.24, 2.45) is 0 Å². The molecule has 0 saturated carbocycles. The van der Waals surface area contributed by atoms with Gasteiger partial charge < -0.3 is 5.21 Å². The molecule has 86 valence electrons. The Morgan fingerprint density at radius 1 is 1.50 bits per heavy atom. The van der Waals surface area contributed by atoms with E-state index in [4.69, 9.17) is 0 Å². The molecule has 1 aliphatic rings. The summed E-state index contributed by atoms with van der Waals surface area (Å²) >= 11 is 0. The maximum Gasteiger partial charge on any atom is 0.0341 e. The van der Waals surface area contributed by atoms with Crippen LogP contribution in [0.4, 0.5) is 0 Å². The summed E-state index contributed by atoms with van der Waals surface area (Å²) in [5, 5.41) is 11.3. The first-order valence-corrected chi connectivity index (χ1v) is 5.80. The van der Waals surface area contributed by atoms with Crippen molar-refractivity contribution in [3.05, 3.63) is 48.6 Å². The Morgan fingerprint density at radius 3 is 2.69 bits per heavy atom. The largest absolute Gasteiger partial charge is 0.314 e. The molecular weight excluding hydrogens is 198 g/mol. The van der Waals surface area contributed by atoms with Crippen LogP contribution in [0.5, 0.6) is 0 Å². The van der Waals surface area contributed by atoms with Crippen LogP contribution in [0.2, 0.25) is 0 Å². The minimum absolute atomic E-state index is 0.0389. The van der Waals surface area contributed by atoms with Gasteiger partial charge in [-0.15, -0.1) is 6.58 Å². The van der Waals surface area contributed by atoms with Gasteiger partial charge in [-0.3, -0.25) is 0 Å². The van der Waals surface area contributed by atoms with Crippen molar-refractivity contribution < 1.29 is 5.21 Å².